The predicted octanol–water partition coefficient (Wildman–Crippen LogP) is 3.28. The molecule has 0 radical (unpaired) electrons. The van der Waals surface area contributed by atoms with E-state index in [-0.39, 0.29) is 18.4 Å². The van der Waals surface area contributed by atoms with Crippen molar-refractivity contribution in [3.8, 4) is 0 Å². The Labute approximate surface area is 219 Å². The first kappa shape index (κ1) is 24.7. The fourth-order valence-corrected chi connectivity index (χ4v) is 5.31. The third-order valence-electron chi connectivity index (χ3n) is 6.95. The minimum absolute atomic E-state index is 0.168. The van der Waals surface area contributed by atoms with Crippen molar-refractivity contribution in [1.29, 1.82) is 0 Å². The zero-order valence-corrected chi connectivity index (χ0v) is 21.0. The molecule has 1 spiro atoms. The molecule has 0 aromatic heterocycles. The number of urea groups is 1. The summed E-state index contributed by atoms with van der Waals surface area (Å²) in [6, 6.07) is 11.9. The molecule has 1 heterocycles. The molecule has 0 unspecified atom stereocenters. The summed E-state index contributed by atoms with van der Waals surface area (Å²) < 4.78 is 0. The van der Waals surface area contributed by atoms with E-state index in [2.05, 4.69) is 16.0 Å². The van der Waals surface area contributed by atoms with Crippen LogP contribution in [-0.4, -0.2) is 53.6 Å². The summed E-state index contributed by atoms with van der Waals surface area (Å²) in [6.07, 6.45) is 5.22. The number of carbonyl (C=O) groups excluding carboxylic acids is 4. The Morgan fingerprint density at radius 2 is 1.86 bits per heavy atom. The van der Waals surface area contributed by atoms with E-state index in [0.29, 0.717) is 46.9 Å². The molecule has 2 aromatic rings. The van der Waals surface area contributed by atoms with Crippen molar-refractivity contribution >= 4 is 53.0 Å². The molecule has 0 atom stereocenters. The molecule has 3 aliphatic rings. The molecule has 2 aromatic carbocycles. The number of rotatable bonds is 5. The molecule has 3 N–H and O–H groups in total. The molecule has 37 heavy (non-hydrogen) atoms. The van der Waals surface area contributed by atoms with Gasteiger partial charge in [0.15, 0.2) is 0 Å². The summed E-state index contributed by atoms with van der Waals surface area (Å²) in [5.41, 5.74) is 2.48. The molecule has 9 nitrogen and oxygen atoms in total. The maximum atomic E-state index is 13.5. The highest BCUT2D eigenvalue weighted by molar-refractivity contribution is 6.35. The maximum Gasteiger partial charge on any atom is 0.321 e. The van der Waals surface area contributed by atoms with Gasteiger partial charge in [-0.15, -0.1) is 0 Å². The highest BCUT2D eigenvalue weighted by Crippen LogP contribution is 2.40. The Bertz CT molecular complexity index is 1380. The lowest BCUT2D eigenvalue weighted by Gasteiger charge is -2.22. The molecule has 5 rings (SSSR count). The van der Waals surface area contributed by atoms with Gasteiger partial charge in [-0.2, -0.15) is 0 Å². The van der Waals surface area contributed by atoms with E-state index >= 15 is 0 Å². The van der Waals surface area contributed by atoms with Gasteiger partial charge < -0.3 is 10.6 Å². The second-order valence-electron chi connectivity index (χ2n) is 9.39. The van der Waals surface area contributed by atoms with E-state index in [0.717, 1.165) is 24.0 Å². The van der Waals surface area contributed by atoms with Crippen molar-refractivity contribution in [1.82, 2.24) is 15.5 Å². The minimum Gasteiger partial charge on any atom is -0.341 e. The van der Waals surface area contributed by atoms with Gasteiger partial charge in [0.05, 0.1) is 5.02 Å². The normalized spacial score (nSPS) is 17.4. The number of hydrogen-bond donors (Lipinski definition) is 3. The van der Waals surface area contributed by atoms with Gasteiger partial charge in [-0.25, -0.2) is 4.79 Å². The van der Waals surface area contributed by atoms with Crippen LogP contribution < -0.4 is 16.0 Å². The molecular formula is C27H26ClN5O4. The molecule has 0 saturated heterocycles. The molecule has 5 amide bonds. The first-order valence-electron chi connectivity index (χ1n) is 12.1. The van der Waals surface area contributed by atoms with Gasteiger partial charge in [0.25, 0.3) is 11.8 Å². The maximum absolute atomic E-state index is 13.5. The second kappa shape index (κ2) is 9.82. The van der Waals surface area contributed by atoms with E-state index in [9.17, 15) is 19.2 Å². The summed E-state index contributed by atoms with van der Waals surface area (Å²) in [5, 5.41) is 7.93. The van der Waals surface area contributed by atoms with Gasteiger partial charge in [0, 0.05) is 30.3 Å². The van der Waals surface area contributed by atoms with Crippen LogP contribution in [0.2, 0.25) is 5.02 Å². The highest BCUT2D eigenvalue weighted by Gasteiger charge is 2.50. The fourth-order valence-electron chi connectivity index (χ4n) is 5.09. The quantitative estimate of drug-likeness (QED) is 0.561. The number of carbonyl (C=O) groups is 4. The number of benzene rings is 2. The SMILES string of the molecule is CNC(=O)NC(=O)C1=Cc2cc(NC(=O)CN3C(=O)C4(CCCC4)N=C3c3ccccc3Cl)ccc2C1. The van der Waals surface area contributed by atoms with Crippen molar-refractivity contribution in [3.05, 3.63) is 69.8 Å². The number of nitrogens with zero attached hydrogens (tertiary/aromatic N) is 2. The monoisotopic (exact) mass is 519 g/mol. The first-order chi connectivity index (χ1) is 17.8. The van der Waals surface area contributed by atoms with Crippen LogP contribution in [0.4, 0.5) is 10.5 Å². The number of amides is 5. The Balaban J connectivity index is 1.32. The third-order valence-corrected chi connectivity index (χ3v) is 7.28. The van der Waals surface area contributed by atoms with Crippen LogP contribution in [0.3, 0.4) is 0 Å². The van der Waals surface area contributed by atoms with Gasteiger partial charge in [0.1, 0.15) is 17.9 Å². The van der Waals surface area contributed by atoms with Gasteiger partial charge in [-0.3, -0.25) is 29.6 Å². The zero-order chi connectivity index (χ0) is 26.2. The lowest BCUT2D eigenvalue weighted by molar-refractivity contribution is -0.133. The standard InChI is InChI=1S/C27H26ClN5O4/c1-29-26(37)31-24(35)18-12-16-8-9-19(14-17(16)13-18)30-22(34)15-33-23(20-6-2-3-7-21(20)28)32-27(25(33)36)10-4-5-11-27/h2-3,6-9,13-14H,4-5,10-12,15H2,1H3,(H,30,34)(H2,29,31,35,37). The van der Waals surface area contributed by atoms with Crippen LogP contribution in [0.25, 0.3) is 6.08 Å². The van der Waals surface area contributed by atoms with Gasteiger partial charge in [-0.1, -0.05) is 42.6 Å². The topological polar surface area (TPSA) is 120 Å². The Morgan fingerprint density at radius 1 is 1.11 bits per heavy atom. The van der Waals surface area contributed by atoms with Gasteiger partial charge in [-0.05, 0) is 54.3 Å². The molecule has 2 aliphatic carbocycles. The van der Waals surface area contributed by atoms with Crippen molar-refractivity contribution in [2.24, 2.45) is 4.99 Å². The number of anilines is 1. The van der Waals surface area contributed by atoms with Crippen LogP contribution in [0.15, 0.2) is 53.0 Å². The van der Waals surface area contributed by atoms with Crippen molar-refractivity contribution in [2.75, 3.05) is 18.9 Å². The summed E-state index contributed by atoms with van der Waals surface area (Å²) in [7, 11) is 1.43. The number of halogens is 1. The number of imide groups is 1. The van der Waals surface area contributed by atoms with E-state index in [4.69, 9.17) is 16.6 Å². The van der Waals surface area contributed by atoms with Crippen LogP contribution in [-0.2, 0) is 20.8 Å². The van der Waals surface area contributed by atoms with Crippen molar-refractivity contribution < 1.29 is 19.2 Å². The Kier molecular flexibility index (Phi) is 6.55. The molecule has 1 saturated carbocycles. The zero-order valence-electron chi connectivity index (χ0n) is 20.3. The summed E-state index contributed by atoms with van der Waals surface area (Å²) in [6.45, 7) is -0.197. The molecule has 190 valence electrons. The third kappa shape index (κ3) is 4.74. The highest BCUT2D eigenvalue weighted by atomic mass is 35.5. The number of amidine groups is 1. The number of hydrogen-bond acceptors (Lipinski definition) is 5. The van der Waals surface area contributed by atoms with Gasteiger partial charge >= 0.3 is 6.03 Å². The van der Waals surface area contributed by atoms with Crippen LogP contribution in [0.5, 0.6) is 0 Å². The average molecular weight is 520 g/mol. The Morgan fingerprint density at radius 3 is 2.59 bits per heavy atom. The van der Waals surface area contributed by atoms with Crippen LogP contribution >= 0.6 is 11.6 Å². The number of fused-ring (bicyclic) bond motifs is 1. The molecular weight excluding hydrogens is 494 g/mol. The lowest BCUT2D eigenvalue weighted by Crippen LogP contribution is -2.45. The van der Waals surface area contributed by atoms with Crippen molar-refractivity contribution in [2.45, 2.75) is 37.6 Å². The lowest BCUT2D eigenvalue weighted by atomic mass is 9.98. The van der Waals surface area contributed by atoms with Gasteiger partial charge in [0.2, 0.25) is 5.91 Å². The van der Waals surface area contributed by atoms with Crippen LogP contribution in [0.1, 0.15) is 42.4 Å². The summed E-state index contributed by atoms with van der Waals surface area (Å²) in [5.74, 6) is -0.585. The molecule has 1 aliphatic heterocycles. The van der Waals surface area contributed by atoms with Crippen molar-refractivity contribution in [3.63, 3.8) is 0 Å². The number of aliphatic imine (C=N–C) groups is 1. The molecule has 0 bridgehead atoms. The predicted molar refractivity (Wildman–Crippen MR) is 140 cm³/mol. The van der Waals surface area contributed by atoms with E-state index in [1.807, 2.05) is 12.1 Å². The summed E-state index contributed by atoms with van der Waals surface area (Å²) in [4.78, 5) is 56.6. The smallest absolute Gasteiger partial charge is 0.321 e. The molecule has 10 heteroatoms. The minimum atomic E-state index is -0.821. The second-order valence-corrected chi connectivity index (χ2v) is 9.79. The fraction of sp³-hybridized carbons (Fsp3) is 0.296. The number of nitrogens with one attached hydrogen (secondary N) is 3. The Hall–Kier alpha value is -3.98. The largest absolute Gasteiger partial charge is 0.341 e. The first-order valence-corrected chi connectivity index (χ1v) is 12.5. The van der Waals surface area contributed by atoms with E-state index in [1.165, 1.54) is 11.9 Å². The van der Waals surface area contributed by atoms with E-state index in [1.54, 1.807) is 36.4 Å². The van der Waals surface area contributed by atoms with E-state index < -0.39 is 17.5 Å². The molecule has 1 fully saturated rings. The summed E-state index contributed by atoms with van der Waals surface area (Å²) >= 11 is 6.43. The average Bonchev–Trinajstić information content (AvgIpc) is 3.59. The van der Waals surface area contributed by atoms with Crippen LogP contribution in [0, 0.1) is 0 Å².